The molecule has 0 radical (unpaired) electrons. The summed E-state index contributed by atoms with van der Waals surface area (Å²) in [5.74, 6) is 0.684. The molecule has 0 aromatic heterocycles. The Morgan fingerprint density at radius 2 is 1.93 bits per heavy atom. The maximum absolute atomic E-state index is 11.7. The first kappa shape index (κ1) is 10.4. The highest BCUT2D eigenvalue weighted by molar-refractivity contribution is 5.99. The van der Waals surface area contributed by atoms with Gasteiger partial charge in [0.1, 0.15) is 0 Å². The van der Waals surface area contributed by atoms with Crippen LogP contribution in [-0.2, 0) is 6.42 Å². The Labute approximate surface area is 91.5 Å². The van der Waals surface area contributed by atoms with Crippen molar-refractivity contribution in [1.29, 1.82) is 0 Å². The maximum Gasteiger partial charge on any atom is 0.165 e. The van der Waals surface area contributed by atoms with Crippen molar-refractivity contribution >= 4 is 5.78 Å². The van der Waals surface area contributed by atoms with Gasteiger partial charge in [0.25, 0.3) is 0 Å². The van der Waals surface area contributed by atoms with Gasteiger partial charge in [-0.05, 0) is 31.2 Å². The molecular formula is C14H18O. The number of hydrogen-bond donors (Lipinski definition) is 0. The molecule has 0 aliphatic heterocycles. The second kappa shape index (κ2) is 4.61. The molecule has 0 heterocycles. The highest BCUT2D eigenvalue weighted by atomic mass is 16.1. The van der Waals surface area contributed by atoms with E-state index in [-0.39, 0.29) is 0 Å². The lowest BCUT2D eigenvalue weighted by Crippen LogP contribution is -2.00. The number of Topliss-reactive ketones (excluding diaryl/α,β-unsaturated/α-hetero) is 1. The summed E-state index contributed by atoms with van der Waals surface area (Å²) in [6.07, 6.45) is 5.78. The van der Waals surface area contributed by atoms with E-state index < -0.39 is 0 Å². The molecule has 0 spiro atoms. The molecule has 1 aliphatic rings. The molecule has 1 fully saturated rings. The van der Waals surface area contributed by atoms with Crippen molar-refractivity contribution in [3.05, 3.63) is 35.4 Å². The van der Waals surface area contributed by atoms with Gasteiger partial charge in [0.05, 0.1) is 0 Å². The zero-order chi connectivity index (χ0) is 10.7. The normalized spacial score (nSPS) is 15.3. The Kier molecular flexibility index (Phi) is 3.20. The molecule has 1 saturated carbocycles. The second-order valence-electron chi connectivity index (χ2n) is 4.44. The van der Waals surface area contributed by atoms with Crippen LogP contribution in [0, 0.1) is 5.92 Å². The van der Waals surface area contributed by atoms with E-state index in [0.717, 1.165) is 24.8 Å². The SMILES string of the molecule is CCCCc1ccc(C(=O)C2CC2)cc1. The van der Waals surface area contributed by atoms with Gasteiger partial charge in [0, 0.05) is 11.5 Å². The number of unbranched alkanes of at least 4 members (excludes halogenated alkanes) is 1. The number of aryl methyl sites for hydroxylation is 1. The van der Waals surface area contributed by atoms with Crippen molar-refractivity contribution in [2.75, 3.05) is 0 Å². The zero-order valence-corrected chi connectivity index (χ0v) is 9.33. The van der Waals surface area contributed by atoms with E-state index in [0.29, 0.717) is 11.7 Å². The van der Waals surface area contributed by atoms with Crippen LogP contribution in [0.2, 0.25) is 0 Å². The lowest BCUT2D eigenvalue weighted by atomic mass is 10.0. The van der Waals surface area contributed by atoms with Gasteiger partial charge in [-0.2, -0.15) is 0 Å². The molecule has 1 nitrogen and oxygen atoms in total. The first-order valence-corrected chi connectivity index (χ1v) is 5.94. The third kappa shape index (κ3) is 2.68. The maximum atomic E-state index is 11.7. The number of rotatable bonds is 5. The summed E-state index contributed by atoms with van der Waals surface area (Å²) in [7, 11) is 0. The van der Waals surface area contributed by atoms with Gasteiger partial charge < -0.3 is 0 Å². The minimum atomic E-state index is 0.339. The molecule has 1 aromatic rings. The van der Waals surface area contributed by atoms with Crippen LogP contribution < -0.4 is 0 Å². The van der Waals surface area contributed by atoms with Crippen LogP contribution in [-0.4, -0.2) is 5.78 Å². The van der Waals surface area contributed by atoms with Crippen LogP contribution in [0.5, 0.6) is 0 Å². The minimum Gasteiger partial charge on any atom is -0.294 e. The van der Waals surface area contributed by atoms with Gasteiger partial charge in [0.2, 0.25) is 0 Å². The number of benzene rings is 1. The van der Waals surface area contributed by atoms with Crippen LogP contribution in [0.25, 0.3) is 0 Å². The Bertz CT molecular complexity index is 333. The van der Waals surface area contributed by atoms with E-state index >= 15 is 0 Å². The third-order valence-electron chi connectivity index (χ3n) is 3.01. The standard InChI is InChI=1S/C14H18O/c1-2-3-4-11-5-7-12(8-6-11)14(15)13-9-10-13/h5-8,13H,2-4,9-10H2,1H3. The summed E-state index contributed by atoms with van der Waals surface area (Å²) < 4.78 is 0. The largest absolute Gasteiger partial charge is 0.294 e. The average molecular weight is 202 g/mol. The molecule has 0 atom stereocenters. The molecule has 1 aliphatic carbocycles. The lowest BCUT2D eigenvalue weighted by Gasteiger charge is -2.02. The predicted molar refractivity (Wildman–Crippen MR) is 62.1 cm³/mol. The number of ketones is 1. The van der Waals surface area contributed by atoms with Crippen molar-refractivity contribution in [2.45, 2.75) is 39.0 Å². The number of carbonyl (C=O) groups is 1. The third-order valence-corrected chi connectivity index (χ3v) is 3.01. The predicted octanol–water partition coefficient (Wildman–Crippen LogP) is 3.62. The van der Waals surface area contributed by atoms with Crippen molar-refractivity contribution < 1.29 is 4.79 Å². The highest BCUT2D eigenvalue weighted by Crippen LogP contribution is 2.32. The van der Waals surface area contributed by atoms with Crippen LogP contribution in [0.3, 0.4) is 0 Å². The fraction of sp³-hybridized carbons (Fsp3) is 0.500. The van der Waals surface area contributed by atoms with Gasteiger partial charge in [-0.25, -0.2) is 0 Å². The summed E-state index contributed by atoms with van der Waals surface area (Å²) in [5, 5.41) is 0. The van der Waals surface area contributed by atoms with Crippen LogP contribution >= 0.6 is 0 Å². The monoisotopic (exact) mass is 202 g/mol. The Morgan fingerprint density at radius 1 is 1.27 bits per heavy atom. The van der Waals surface area contributed by atoms with Gasteiger partial charge in [0.15, 0.2) is 5.78 Å². The fourth-order valence-corrected chi connectivity index (χ4v) is 1.80. The molecule has 0 saturated heterocycles. The summed E-state index contributed by atoms with van der Waals surface area (Å²) in [6.45, 7) is 2.20. The number of hydrogen-bond acceptors (Lipinski definition) is 1. The van der Waals surface area contributed by atoms with E-state index in [4.69, 9.17) is 0 Å². The molecule has 0 amide bonds. The molecule has 0 unspecified atom stereocenters. The smallest absolute Gasteiger partial charge is 0.165 e. The van der Waals surface area contributed by atoms with Gasteiger partial charge in [-0.3, -0.25) is 4.79 Å². The molecule has 15 heavy (non-hydrogen) atoms. The van der Waals surface area contributed by atoms with Crippen molar-refractivity contribution in [2.24, 2.45) is 5.92 Å². The minimum absolute atomic E-state index is 0.339. The van der Waals surface area contributed by atoms with E-state index in [9.17, 15) is 4.79 Å². The van der Waals surface area contributed by atoms with Crippen molar-refractivity contribution in [3.8, 4) is 0 Å². The van der Waals surface area contributed by atoms with Crippen molar-refractivity contribution in [1.82, 2.24) is 0 Å². The summed E-state index contributed by atoms with van der Waals surface area (Å²) in [5.41, 5.74) is 2.25. The van der Waals surface area contributed by atoms with Crippen molar-refractivity contribution in [3.63, 3.8) is 0 Å². The second-order valence-corrected chi connectivity index (χ2v) is 4.44. The Hall–Kier alpha value is -1.11. The zero-order valence-electron chi connectivity index (χ0n) is 9.33. The van der Waals surface area contributed by atoms with Gasteiger partial charge >= 0.3 is 0 Å². The first-order chi connectivity index (χ1) is 7.31. The summed E-state index contributed by atoms with van der Waals surface area (Å²) in [4.78, 5) is 11.7. The average Bonchev–Trinajstić information content (AvgIpc) is 3.10. The molecule has 1 aromatic carbocycles. The molecule has 2 rings (SSSR count). The Morgan fingerprint density at radius 3 is 2.47 bits per heavy atom. The molecule has 80 valence electrons. The van der Waals surface area contributed by atoms with Crippen LogP contribution in [0.1, 0.15) is 48.5 Å². The fourth-order valence-electron chi connectivity index (χ4n) is 1.80. The van der Waals surface area contributed by atoms with Gasteiger partial charge in [-0.1, -0.05) is 37.6 Å². The summed E-state index contributed by atoms with van der Waals surface area (Å²) in [6, 6.07) is 8.19. The quantitative estimate of drug-likeness (QED) is 0.666. The lowest BCUT2D eigenvalue weighted by molar-refractivity contribution is 0.0967. The summed E-state index contributed by atoms with van der Waals surface area (Å²) >= 11 is 0. The van der Waals surface area contributed by atoms with E-state index in [1.54, 1.807) is 0 Å². The van der Waals surface area contributed by atoms with Crippen LogP contribution in [0.4, 0.5) is 0 Å². The topological polar surface area (TPSA) is 17.1 Å². The highest BCUT2D eigenvalue weighted by Gasteiger charge is 2.30. The number of carbonyl (C=O) groups excluding carboxylic acids is 1. The van der Waals surface area contributed by atoms with Gasteiger partial charge in [-0.15, -0.1) is 0 Å². The van der Waals surface area contributed by atoms with E-state index in [2.05, 4.69) is 19.1 Å². The van der Waals surface area contributed by atoms with Crippen LogP contribution in [0.15, 0.2) is 24.3 Å². The molecule has 0 bridgehead atoms. The molecule has 1 heteroatoms. The van der Waals surface area contributed by atoms with E-state index in [1.165, 1.54) is 18.4 Å². The Balaban J connectivity index is 1.99. The molecule has 0 N–H and O–H groups in total. The van der Waals surface area contributed by atoms with E-state index in [1.807, 2.05) is 12.1 Å². The first-order valence-electron chi connectivity index (χ1n) is 5.94. The molecular weight excluding hydrogens is 184 g/mol.